The molecule has 0 fully saturated rings. The van der Waals surface area contributed by atoms with Gasteiger partial charge in [-0.05, 0) is 30.3 Å². The Hall–Kier alpha value is -2.20. The monoisotopic (exact) mass is 291 g/mol. The van der Waals surface area contributed by atoms with Crippen LogP contribution < -0.4 is 15.2 Å². The third kappa shape index (κ3) is 2.56. The molecule has 4 nitrogen and oxygen atoms in total. The number of nitrogens with two attached hydrogens (primary N) is 1. The molecule has 2 N–H and O–H groups in total. The lowest BCUT2D eigenvalue weighted by atomic mass is 10.0. The molecule has 104 valence electrons. The Morgan fingerprint density at radius 2 is 1.85 bits per heavy atom. The second kappa shape index (κ2) is 5.84. The molecule has 0 bridgehead atoms. The molecule has 0 aliphatic heterocycles. The Morgan fingerprint density at radius 3 is 2.50 bits per heavy atom. The highest BCUT2D eigenvalue weighted by molar-refractivity contribution is 6.34. The molecule has 0 amide bonds. The Bertz CT molecular complexity index is 656. The van der Waals surface area contributed by atoms with Crippen molar-refractivity contribution in [2.24, 2.45) is 0 Å². The maximum absolute atomic E-state index is 12.6. The van der Waals surface area contributed by atoms with Crippen LogP contribution >= 0.6 is 11.6 Å². The van der Waals surface area contributed by atoms with Gasteiger partial charge < -0.3 is 15.2 Å². The van der Waals surface area contributed by atoms with E-state index in [4.69, 9.17) is 26.8 Å². The van der Waals surface area contributed by atoms with Crippen LogP contribution in [-0.2, 0) is 0 Å². The number of hydrogen-bond acceptors (Lipinski definition) is 4. The van der Waals surface area contributed by atoms with Crippen LogP contribution in [0.15, 0.2) is 36.4 Å². The molecule has 0 unspecified atom stereocenters. The van der Waals surface area contributed by atoms with Gasteiger partial charge in [0.1, 0.15) is 11.5 Å². The number of para-hydroxylation sites is 1. The summed E-state index contributed by atoms with van der Waals surface area (Å²) in [7, 11) is 3.03. The summed E-state index contributed by atoms with van der Waals surface area (Å²) in [5.74, 6) is 0.755. The van der Waals surface area contributed by atoms with Crippen molar-refractivity contribution in [1.29, 1.82) is 0 Å². The molecular formula is C15H14ClNO3. The van der Waals surface area contributed by atoms with Crippen molar-refractivity contribution in [2.45, 2.75) is 0 Å². The summed E-state index contributed by atoms with van der Waals surface area (Å²) in [5, 5.41) is 0.345. The van der Waals surface area contributed by atoms with Crippen LogP contribution in [0, 0.1) is 0 Å². The van der Waals surface area contributed by atoms with Crippen molar-refractivity contribution < 1.29 is 14.3 Å². The van der Waals surface area contributed by atoms with Crippen LogP contribution in [0.4, 0.5) is 5.69 Å². The Kier molecular flexibility index (Phi) is 4.15. The zero-order valence-electron chi connectivity index (χ0n) is 11.1. The smallest absolute Gasteiger partial charge is 0.199 e. The molecule has 0 spiro atoms. The Morgan fingerprint density at radius 1 is 1.10 bits per heavy atom. The van der Waals surface area contributed by atoms with Gasteiger partial charge in [0, 0.05) is 5.56 Å². The predicted octanol–water partition coefficient (Wildman–Crippen LogP) is 3.17. The van der Waals surface area contributed by atoms with E-state index in [9.17, 15) is 4.79 Å². The lowest BCUT2D eigenvalue weighted by Gasteiger charge is -2.11. The van der Waals surface area contributed by atoms with Gasteiger partial charge in [-0.3, -0.25) is 4.79 Å². The number of hydrogen-bond donors (Lipinski definition) is 1. The van der Waals surface area contributed by atoms with Crippen LogP contribution in [0.2, 0.25) is 5.02 Å². The zero-order chi connectivity index (χ0) is 14.7. The molecule has 0 aromatic heterocycles. The fourth-order valence-electron chi connectivity index (χ4n) is 1.87. The summed E-state index contributed by atoms with van der Waals surface area (Å²) < 4.78 is 10.3. The van der Waals surface area contributed by atoms with Crippen molar-refractivity contribution in [3.05, 3.63) is 52.5 Å². The van der Waals surface area contributed by atoms with Gasteiger partial charge in [-0.2, -0.15) is 0 Å². The van der Waals surface area contributed by atoms with Crippen molar-refractivity contribution in [1.82, 2.24) is 0 Å². The van der Waals surface area contributed by atoms with Crippen molar-refractivity contribution >= 4 is 23.1 Å². The number of rotatable bonds is 4. The van der Waals surface area contributed by atoms with E-state index in [0.29, 0.717) is 27.6 Å². The third-order valence-electron chi connectivity index (χ3n) is 2.95. The van der Waals surface area contributed by atoms with Crippen LogP contribution in [0.1, 0.15) is 15.9 Å². The topological polar surface area (TPSA) is 61.5 Å². The molecule has 0 saturated carbocycles. The molecule has 0 radical (unpaired) electrons. The Labute approximate surface area is 122 Å². The van der Waals surface area contributed by atoms with E-state index in [1.165, 1.54) is 14.2 Å². The predicted molar refractivity (Wildman–Crippen MR) is 78.8 cm³/mol. The fourth-order valence-corrected chi connectivity index (χ4v) is 2.05. The highest BCUT2D eigenvalue weighted by Gasteiger charge is 2.18. The molecule has 0 saturated heterocycles. The number of nitrogen functional groups attached to an aromatic ring is 1. The summed E-state index contributed by atoms with van der Waals surface area (Å²) in [5.41, 5.74) is 6.82. The maximum atomic E-state index is 12.6. The van der Waals surface area contributed by atoms with Gasteiger partial charge >= 0.3 is 0 Å². The number of anilines is 1. The molecule has 2 aromatic carbocycles. The average Bonchev–Trinajstić information content (AvgIpc) is 2.48. The first-order chi connectivity index (χ1) is 9.58. The standard InChI is InChI=1S/C15H14ClNO3/c1-19-9-6-7-13(20-2)11(8-9)15(18)10-4-3-5-12(16)14(10)17/h3-8H,17H2,1-2H3. The van der Waals surface area contributed by atoms with E-state index in [-0.39, 0.29) is 11.5 Å². The second-order valence-electron chi connectivity index (χ2n) is 4.10. The highest BCUT2D eigenvalue weighted by atomic mass is 35.5. The third-order valence-corrected chi connectivity index (χ3v) is 3.28. The summed E-state index contributed by atoms with van der Waals surface area (Å²) >= 11 is 5.94. The van der Waals surface area contributed by atoms with E-state index < -0.39 is 0 Å². The van der Waals surface area contributed by atoms with E-state index >= 15 is 0 Å². The van der Waals surface area contributed by atoms with E-state index in [1.54, 1.807) is 36.4 Å². The first-order valence-corrected chi connectivity index (χ1v) is 6.27. The first-order valence-electron chi connectivity index (χ1n) is 5.89. The highest BCUT2D eigenvalue weighted by Crippen LogP contribution is 2.30. The Balaban J connectivity index is 2.55. The fraction of sp³-hybridized carbons (Fsp3) is 0.133. The van der Waals surface area contributed by atoms with E-state index in [0.717, 1.165) is 0 Å². The van der Waals surface area contributed by atoms with Gasteiger partial charge in [-0.15, -0.1) is 0 Å². The van der Waals surface area contributed by atoms with E-state index in [1.807, 2.05) is 0 Å². The van der Waals surface area contributed by atoms with Gasteiger partial charge in [0.05, 0.1) is 30.5 Å². The summed E-state index contributed by atoms with van der Waals surface area (Å²) in [6, 6.07) is 9.95. The number of benzene rings is 2. The molecule has 0 atom stereocenters. The second-order valence-corrected chi connectivity index (χ2v) is 4.50. The molecule has 5 heteroatoms. The molecule has 0 heterocycles. The van der Waals surface area contributed by atoms with Gasteiger partial charge in [0.15, 0.2) is 5.78 Å². The van der Waals surface area contributed by atoms with Crippen molar-refractivity contribution in [3.63, 3.8) is 0 Å². The van der Waals surface area contributed by atoms with Crippen LogP contribution in [-0.4, -0.2) is 20.0 Å². The number of carbonyl (C=O) groups is 1. The first kappa shape index (κ1) is 14.2. The number of ketones is 1. The molecule has 0 aliphatic carbocycles. The van der Waals surface area contributed by atoms with Crippen molar-refractivity contribution in [2.75, 3.05) is 20.0 Å². The van der Waals surface area contributed by atoms with Crippen LogP contribution in [0.25, 0.3) is 0 Å². The minimum Gasteiger partial charge on any atom is -0.497 e. The summed E-state index contributed by atoms with van der Waals surface area (Å²) in [6.45, 7) is 0. The maximum Gasteiger partial charge on any atom is 0.199 e. The summed E-state index contributed by atoms with van der Waals surface area (Å²) in [6.07, 6.45) is 0. The SMILES string of the molecule is COc1ccc(OC)c(C(=O)c2cccc(Cl)c2N)c1. The number of ether oxygens (including phenoxy) is 2. The van der Waals surface area contributed by atoms with Gasteiger partial charge in [0.25, 0.3) is 0 Å². The quantitative estimate of drug-likeness (QED) is 0.694. The molecule has 20 heavy (non-hydrogen) atoms. The van der Waals surface area contributed by atoms with E-state index in [2.05, 4.69) is 0 Å². The largest absolute Gasteiger partial charge is 0.497 e. The lowest BCUT2D eigenvalue weighted by Crippen LogP contribution is -2.07. The van der Waals surface area contributed by atoms with Gasteiger partial charge in [-0.1, -0.05) is 17.7 Å². The molecule has 2 aromatic rings. The zero-order valence-corrected chi connectivity index (χ0v) is 11.9. The molecule has 0 aliphatic rings. The van der Waals surface area contributed by atoms with Crippen LogP contribution in [0.3, 0.4) is 0 Å². The number of methoxy groups -OCH3 is 2. The normalized spacial score (nSPS) is 10.2. The van der Waals surface area contributed by atoms with Gasteiger partial charge in [0.2, 0.25) is 0 Å². The number of halogens is 1. The summed E-state index contributed by atoms with van der Waals surface area (Å²) in [4.78, 5) is 12.6. The molecular weight excluding hydrogens is 278 g/mol. The molecule has 2 rings (SSSR count). The minimum absolute atomic E-state index is 0.254. The minimum atomic E-state index is -0.263. The van der Waals surface area contributed by atoms with Gasteiger partial charge in [-0.25, -0.2) is 0 Å². The van der Waals surface area contributed by atoms with Crippen LogP contribution in [0.5, 0.6) is 11.5 Å². The average molecular weight is 292 g/mol. The lowest BCUT2D eigenvalue weighted by molar-refractivity contribution is 0.103. The number of carbonyl (C=O) groups excluding carboxylic acids is 1. The van der Waals surface area contributed by atoms with Crippen molar-refractivity contribution in [3.8, 4) is 11.5 Å².